The highest BCUT2D eigenvalue weighted by Gasteiger charge is 1.96. The van der Waals surface area contributed by atoms with E-state index in [9.17, 15) is 4.79 Å². The molecule has 0 saturated carbocycles. The number of ether oxygens (including phenoxy) is 4. The lowest BCUT2D eigenvalue weighted by molar-refractivity contribution is -0.000994. The lowest BCUT2D eigenvalue weighted by Gasteiger charge is -2.09. The third kappa shape index (κ3) is 19.6. The molecule has 0 spiro atoms. The van der Waals surface area contributed by atoms with Crippen molar-refractivity contribution in [2.24, 2.45) is 0 Å². The van der Waals surface area contributed by atoms with Gasteiger partial charge in [-0.3, -0.25) is 4.79 Å². The average molecular weight is 352 g/mol. The normalized spacial score (nSPS) is 11.1. The monoisotopic (exact) mass is 352 g/mol. The highest BCUT2D eigenvalue weighted by atomic mass is 32.2. The van der Waals surface area contributed by atoms with Crippen molar-refractivity contribution in [1.82, 2.24) is 10.6 Å². The zero-order chi connectivity index (χ0) is 17.2. The first-order valence-electron chi connectivity index (χ1n) is 8.03. The summed E-state index contributed by atoms with van der Waals surface area (Å²) >= 11 is 1.16. The number of carbonyl (C=O) groups is 1. The molecule has 1 amide bonds. The fourth-order valence-corrected chi connectivity index (χ4v) is 1.73. The molecule has 0 saturated heterocycles. The van der Waals surface area contributed by atoms with Crippen LogP contribution in [0.25, 0.3) is 0 Å². The Hall–Kier alpha value is -0.380. The van der Waals surface area contributed by atoms with Gasteiger partial charge in [0.1, 0.15) is 0 Å². The number of amides is 1. The van der Waals surface area contributed by atoms with Gasteiger partial charge in [-0.2, -0.15) is 0 Å². The van der Waals surface area contributed by atoms with E-state index in [1.54, 1.807) is 6.26 Å². The van der Waals surface area contributed by atoms with Crippen molar-refractivity contribution in [3.05, 3.63) is 0 Å². The van der Waals surface area contributed by atoms with E-state index in [1.165, 1.54) is 0 Å². The quantitative estimate of drug-likeness (QED) is 0.403. The van der Waals surface area contributed by atoms with Crippen molar-refractivity contribution in [2.45, 2.75) is 19.9 Å². The van der Waals surface area contributed by atoms with Gasteiger partial charge in [0.2, 0.25) is 0 Å². The predicted molar refractivity (Wildman–Crippen MR) is 93.3 cm³/mol. The van der Waals surface area contributed by atoms with Gasteiger partial charge in [-0.15, -0.1) is 0 Å². The molecule has 0 aliphatic rings. The Morgan fingerprint density at radius 3 is 1.70 bits per heavy atom. The largest absolute Gasteiger partial charge is 0.378 e. The van der Waals surface area contributed by atoms with Crippen LogP contribution in [0.2, 0.25) is 0 Å². The molecule has 2 N–H and O–H groups in total. The summed E-state index contributed by atoms with van der Waals surface area (Å²) in [6.45, 7) is 10.1. The van der Waals surface area contributed by atoms with Gasteiger partial charge in [0, 0.05) is 19.1 Å². The first kappa shape index (κ1) is 22.6. The average Bonchev–Trinajstić information content (AvgIpc) is 2.53. The number of nitrogens with one attached hydrogen (secondary N) is 2. The van der Waals surface area contributed by atoms with Crippen molar-refractivity contribution in [3.63, 3.8) is 0 Å². The Morgan fingerprint density at radius 2 is 1.26 bits per heavy atom. The molecule has 0 radical (unpaired) electrons. The van der Waals surface area contributed by atoms with Gasteiger partial charge >= 0.3 is 0 Å². The second-order valence-corrected chi connectivity index (χ2v) is 5.76. The van der Waals surface area contributed by atoms with Gasteiger partial charge < -0.3 is 29.6 Å². The Kier molecular flexibility index (Phi) is 17.7. The summed E-state index contributed by atoms with van der Waals surface area (Å²) in [4.78, 5) is 10.9. The molecule has 0 atom stereocenters. The molecule has 0 aliphatic carbocycles. The second kappa shape index (κ2) is 18.0. The highest BCUT2D eigenvalue weighted by molar-refractivity contribution is 8.12. The Balaban J connectivity index is 3.01. The van der Waals surface area contributed by atoms with Crippen molar-refractivity contribution >= 4 is 17.0 Å². The zero-order valence-corrected chi connectivity index (χ0v) is 15.4. The summed E-state index contributed by atoms with van der Waals surface area (Å²) in [7, 11) is 0. The molecule has 138 valence electrons. The minimum Gasteiger partial charge on any atom is -0.378 e. The summed E-state index contributed by atoms with van der Waals surface area (Å²) in [6, 6.07) is 0.491. The number of carbonyl (C=O) groups excluding carboxylic acids is 1. The molecule has 0 aliphatic heterocycles. The lowest BCUT2D eigenvalue weighted by atomic mass is 10.4. The predicted octanol–water partition coefficient (Wildman–Crippen LogP) is 1.12. The van der Waals surface area contributed by atoms with Gasteiger partial charge in [0.15, 0.2) is 0 Å². The standard InChI is InChI=1S/C15H32N2O5S/c1-14(2)16-4-6-19-8-10-21-12-13-22-11-9-20-7-5-17-15(18)23-3/h14,16H,4-13H2,1-3H3,(H,17,18). The minimum atomic E-state index is -0.0397. The van der Waals surface area contributed by atoms with E-state index >= 15 is 0 Å². The van der Waals surface area contributed by atoms with Gasteiger partial charge in [0.25, 0.3) is 5.24 Å². The van der Waals surface area contributed by atoms with Gasteiger partial charge in [-0.25, -0.2) is 0 Å². The molecule has 0 rings (SSSR count). The third-order valence-electron chi connectivity index (χ3n) is 2.62. The molecule has 0 aromatic carbocycles. The van der Waals surface area contributed by atoms with Crippen LogP contribution in [0.1, 0.15) is 13.8 Å². The topological polar surface area (TPSA) is 78.1 Å². The van der Waals surface area contributed by atoms with Crippen LogP contribution in [0.15, 0.2) is 0 Å². The zero-order valence-electron chi connectivity index (χ0n) is 14.6. The van der Waals surface area contributed by atoms with Crippen LogP contribution in [-0.2, 0) is 18.9 Å². The van der Waals surface area contributed by atoms with Crippen LogP contribution in [0.5, 0.6) is 0 Å². The van der Waals surface area contributed by atoms with Crippen LogP contribution in [-0.4, -0.2) is 83.5 Å². The molecule has 23 heavy (non-hydrogen) atoms. The van der Waals surface area contributed by atoms with Crippen molar-refractivity contribution in [1.29, 1.82) is 0 Å². The van der Waals surface area contributed by atoms with E-state index in [0.29, 0.717) is 65.4 Å². The molecule has 0 bridgehead atoms. The first-order valence-corrected chi connectivity index (χ1v) is 9.25. The maximum atomic E-state index is 10.9. The summed E-state index contributed by atoms with van der Waals surface area (Å²) in [6.07, 6.45) is 1.74. The van der Waals surface area contributed by atoms with Crippen molar-refractivity contribution in [3.8, 4) is 0 Å². The highest BCUT2D eigenvalue weighted by Crippen LogP contribution is 1.91. The second-order valence-electron chi connectivity index (χ2n) is 4.98. The molecule has 0 fully saturated rings. The first-order chi connectivity index (χ1) is 11.2. The molecular weight excluding hydrogens is 320 g/mol. The molecule has 8 heteroatoms. The fraction of sp³-hybridized carbons (Fsp3) is 0.933. The number of hydrogen-bond acceptors (Lipinski definition) is 7. The Morgan fingerprint density at radius 1 is 0.826 bits per heavy atom. The van der Waals surface area contributed by atoms with Crippen LogP contribution >= 0.6 is 11.8 Å². The Labute approximate surface area is 144 Å². The fourth-order valence-electron chi connectivity index (χ4n) is 1.48. The number of rotatable bonds is 16. The van der Waals surface area contributed by atoms with Crippen LogP contribution in [0.4, 0.5) is 4.79 Å². The molecule has 0 aromatic heterocycles. The van der Waals surface area contributed by atoms with Crippen molar-refractivity contribution in [2.75, 3.05) is 72.2 Å². The lowest BCUT2D eigenvalue weighted by Crippen LogP contribution is -2.27. The number of thioether (sulfide) groups is 1. The summed E-state index contributed by atoms with van der Waals surface area (Å²) in [5.41, 5.74) is 0. The molecule has 0 aromatic rings. The van der Waals surface area contributed by atoms with E-state index in [2.05, 4.69) is 24.5 Å². The van der Waals surface area contributed by atoms with Crippen molar-refractivity contribution < 1.29 is 23.7 Å². The van der Waals surface area contributed by atoms with Gasteiger partial charge in [-0.1, -0.05) is 25.6 Å². The van der Waals surface area contributed by atoms with Crippen LogP contribution in [0, 0.1) is 0 Å². The van der Waals surface area contributed by atoms with Crippen LogP contribution < -0.4 is 10.6 Å². The molecule has 0 heterocycles. The smallest absolute Gasteiger partial charge is 0.278 e. The van der Waals surface area contributed by atoms with Gasteiger partial charge in [0.05, 0.1) is 52.9 Å². The van der Waals surface area contributed by atoms with E-state index in [4.69, 9.17) is 18.9 Å². The molecular formula is C15H32N2O5S. The third-order valence-corrected chi connectivity index (χ3v) is 3.13. The summed E-state index contributed by atoms with van der Waals surface area (Å²) in [5.74, 6) is 0. The summed E-state index contributed by atoms with van der Waals surface area (Å²) in [5, 5.41) is 5.94. The minimum absolute atomic E-state index is 0.0397. The number of hydrogen-bond donors (Lipinski definition) is 2. The van der Waals surface area contributed by atoms with E-state index < -0.39 is 0 Å². The molecule has 0 unspecified atom stereocenters. The van der Waals surface area contributed by atoms with E-state index in [-0.39, 0.29) is 5.24 Å². The maximum Gasteiger partial charge on any atom is 0.278 e. The van der Waals surface area contributed by atoms with E-state index in [0.717, 1.165) is 18.3 Å². The van der Waals surface area contributed by atoms with Crippen LogP contribution in [0.3, 0.4) is 0 Å². The maximum absolute atomic E-state index is 10.9. The summed E-state index contributed by atoms with van der Waals surface area (Å²) < 4.78 is 21.5. The van der Waals surface area contributed by atoms with E-state index in [1.807, 2.05) is 0 Å². The molecule has 7 nitrogen and oxygen atoms in total. The van der Waals surface area contributed by atoms with Gasteiger partial charge in [-0.05, 0) is 6.26 Å². The SMILES string of the molecule is CSC(=O)NCCOCCOCCOCCOCCNC(C)C. The Bertz CT molecular complexity index is 270.